The summed E-state index contributed by atoms with van der Waals surface area (Å²) in [7, 11) is -3.47. The number of benzene rings is 1. The van der Waals surface area contributed by atoms with Crippen molar-refractivity contribution in [2.24, 2.45) is 0 Å². The fourth-order valence-corrected chi connectivity index (χ4v) is 3.90. The number of aliphatic hydroxyl groups excluding tert-OH is 1. The van der Waals surface area contributed by atoms with Crippen molar-refractivity contribution in [1.29, 1.82) is 0 Å². The topological polar surface area (TPSA) is 57.6 Å². The first-order valence-corrected chi connectivity index (χ1v) is 8.43. The number of rotatable bonds is 6. The molecule has 18 heavy (non-hydrogen) atoms. The molecule has 0 aliphatic heterocycles. The Morgan fingerprint density at radius 1 is 1.28 bits per heavy atom. The van der Waals surface area contributed by atoms with Crippen molar-refractivity contribution in [2.45, 2.75) is 29.1 Å². The Bertz CT molecular complexity index is 497. The average Bonchev–Trinajstić information content (AvgIpc) is 3.20. The fraction of sp³-hybridized carbons (Fsp3) is 0.500. The second-order valence-corrected chi connectivity index (χ2v) is 6.80. The van der Waals surface area contributed by atoms with E-state index in [1.54, 1.807) is 24.3 Å². The van der Waals surface area contributed by atoms with Crippen molar-refractivity contribution in [3.63, 3.8) is 0 Å². The Balaban J connectivity index is 2.27. The highest BCUT2D eigenvalue weighted by atomic mass is 79.9. The SMILES string of the molecule is O=S(=O)(c1ccc(CBr)cc1)N(CCO)C1CC1. The molecule has 0 heterocycles. The summed E-state index contributed by atoms with van der Waals surface area (Å²) >= 11 is 3.33. The van der Waals surface area contributed by atoms with Gasteiger partial charge in [-0.1, -0.05) is 28.1 Å². The van der Waals surface area contributed by atoms with Crippen molar-refractivity contribution in [3.05, 3.63) is 29.8 Å². The molecule has 1 fully saturated rings. The van der Waals surface area contributed by atoms with E-state index in [0.717, 1.165) is 18.4 Å². The Labute approximate surface area is 116 Å². The third-order valence-corrected chi connectivity index (χ3v) is 5.57. The molecule has 0 unspecified atom stereocenters. The first kappa shape index (κ1) is 14.0. The molecule has 1 saturated carbocycles. The first-order valence-electron chi connectivity index (χ1n) is 5.87. The standard InChI is InChI=1S/C12H16BrNO3S/c13-9-10-1-5-12(6-2-10)18(16,17)14(7-8-15)11-3-4-11/h1-2,5-6,11,15H,3-4,7-9H2. The van der Waals surface area contributed by atoms with E-state index in [0.29, 0.717) is 10.2 Å². The van der Waals surface area contributed by atoms with Gasteiger partial charge < -0.3 is 5.11 Å². The minimum Gasteiger partial charge on any atom is -0.395 e. The number of sulfonamides is 1. The molecular weight excluding hydrogens is 318 g/mol. The summed E-state index contributed by atoms with van der Waals surface area (Å²) in [5.74, 6) is 0. The zero-order valence-electron chi connectivity index (χ0n) is 9.92. The molecule has 0 saturated heterocycles. The van der Waals surface area contributed by atoms with Crippen LogP contribution in [-0.4, -0.2) is 37.0 Å². The lowest BCUT2D eigenvalue weighted by Crippen LogP contribution is -2.35. The number of hydrogen-bond donors (Lipinski definition) is 1. The molecule has 6 heteroatoms. The van der Waals surface area contributed by atoms with E-state index in [9.17, 15) is 8.42 Å². The van der Waals surface area contributed by atoms with Gasteiger partial charge in [0.05, 0.1) is 11.5 Å². The van der Waals surface area contributed by atoms with Gasteiger partial charge in [0.2, 0.25) is 10.0 Å². The quantitative estimate of drug-likeness (QED) is 0.806. The lowest BCUT2D eigenvalue weighted by Gasteiger charge is -2.20. The van der Waals surface area contributed by atoms with Gasteiger partial charge >= 0.3 is 0 Å². The molecule has 0 aromatic heterocycles. The molecule has 1 aromatic rings. The van der Waals surface area contributed by atoms with Crippen LogP contribution in [0, 0.1) is 0 Å². The van der Waals surface area contributed by atoms with Crippen molar-refractivity contribution < 1.29 is 13.5 Å². The maximum Gasteiger partial charge on any atom is 0.243 e. The van der Waals surface area contributed by atoms with Crippen LogP contribution in [0.3, 0.4) is 0 Å². The highest BCUT2D eigenvalue weighted by molar-refractivity contribution is 9.08. The van der Waals surface area contributed by atoms with Crippen molar-refractivity contribution in [3.8, 4) is 0 Å². The van der Waals surface area contributed by atoms with Crippen LogP contribution in [0.1, 0.15) is 18.4 Å². The predicted octanol–water partition coefficient (Wildman–Crippen LogP) is 1.73. The van der Waals surface area contributed by atoms with Crippen LogP contribution in [0.2, 0.25) is 0 Å². The van der Waals surface area contributed by atoms with Gasteiger partial charge in [0.15, 0.2) is 0 Å². The third-order valence-electron chi connectivity index (χ3n) is 2.96. The molecular formula is C12H16BrNO3S. The van der Waals surface area contributed by atoms with Gasteiger partial charge in [-0.2, -0.15) is 4.31 Å². The fourth-order valence-electron chi connectivity index (χ4n) is 1.85. The van der Waals surface area contributed by atoms with Crippen molar-refractivity contribution >= 4 is 26.0 Å². The van der Waals surface area contributed by atoms with Crippen LogP contribution >= 0.6 is 15.9 Å². The van der Waals surface area contributed by atoms with E-state index in [-0.39, 0.29) is 19.2 Å². The van der Waals surface area contributed by atoms with E-state index >= 15 is 0 Å². The van der Waals surface area contributed by atoms with Crippen LogP contribution in [0.25, 0.3) is 0 Å². The van der Waals surface area contributed by atoms with E-state index < -0.39 is 10.0 Å². The molecule has 4 nitrogen and oxygen atoms in total. The Morgan fingerprint density at radius 3 is 2.33 bits per heavy atom. The molecule has 0 amide bonds. The third kappa shape index (κ3) is 2.93. The second kappa shape index (κ2) is 5.69. The number of aliphatic hydroxyl groups is 1. The van der Waals surface area contributed by atoms with Gasteiger partial charge in [0.1, 0.15) is 0 Å². The summed E-state index contributed by atoms with van der Waals surface area (Å²) in [6, 6.07) is 6.91. The largest absolute Gasteiger partial charge is 0.395 e. The van der Waals surface area contributed by atoms with Gasteiger partial charge in [-0.05, 0) is 30.5 Å². The van der Waals surface area contributed by atoms with E-state index in [1.165, 1.54) is 4.31 Å². The Kier molecular flexibility index (Phi) is 4.42. The van der Waals surface area contributed by atoms with Gasteiger partial charge in [0, 0.05) is 17.9 Å². The molecule has 0 spiro atoms. The van der Waals surface area contributed by atoms with E-state index in [2.05, 4.69) is 15.9 Å². The zero-order chi connectivity index (χ0) is 13.2. The van der Waals surface area contributed by atoms with Gasteiger partial charge in [-0.15, -0.1) is 0 Å². The summed E-state index contributed by atoms with van der Waals surface area (Å²) in [6.45, 7) is 0.0302. The van der Waals surface area contributed by atoms with Crippen LogP contribution in [0.15, 0.2) is 29.2 Å². The minimum absolute atomic E-state index is 0.0676. The summed E-state index contributed by atoms with van der Waals surface area (Å²) in [4.78, 5) is 0.299. The summed E-state index contributed by atoms with van der Waals surface area (Å²) < 4.78 is 26.2. The van der Waals surface area contributed by atoms with Crippen LogP contribution in [-0.2, 0) is 15.4 Å². The predicted molar refractivity (Wildman–Crippen MR) is 73.1 cm³/mol. The molecule has 1 aliphatic carbocycles. The summed E-state index contributed by atoms with van der Waals surface area (Å²) in [6.07, 6.45) is 1.78. The van der Waals surface area contributed by atoms with Crippen molar-refractivity contribution in [1.82, 2.24) is 4.31 Å². The molecule has 1 aliphatic rings. The highest BCUT2D eigenvalue weighted by Gasteiger charge is 2.37. The summed E-state index contributed by atoms with van der Waals surface area (Å²) in [5.41, 5.74) is 1.04. The molecule has 100 valence electrons. The summed E-state index contributed by atoms with van der Waals surface area (Å²) in [5, 5.41) is 9.70. The Hall–Kier alpha value is -0.430. The number of halogens is 1. The molecule has 0 bridgehead atoms. The maximum absolute atomic E-state index is 12.4. The molecule has 1 N–H and O–H groups in total. The normalized spacial score (nSPS) is 16.2. The Morgan fingerprint density at radius 2 is 1.89 bits per heavy atom. The second-order valence-electron chi connectivity index (χ2n) is 4.35. The monoisotopic (exact) mass is 333 g/mol. The van der Waals surface area contributed by atoms with Crippen LogP contribution < -0.4 is 0 Å². The number of nitrogens with zero attached hydrogens (tertiary/aromatic N) is 1. The molecule has 0 radical (unpaired) electrons. The van der Waals surface area contributed by atoms with E-state index in [1.807, 2.05) is 0 Å². The van der Waals surface area contributed by atoms with E-state index in [4.69, 9.17) is 5.11 Å². The molecule has 1 aromatic carbocycles. The smallest absolute Gasteiger partial charge is 0.243 e. The lowest BCUT2D eigenvalue weighted by atomic mass is 10.2. The van der Waals surface area contributed by atoms with Crippen molar-refractivity contribution in [2.75, 3.05) is 13.2 Å². The number of hydrogen-bond acceptors (Lipinski definition) is 3. The van der Waals surface area contributed by atoms with Gasteiger partial charge in [-0.3, -0.25) is 0 Å². The molecule has 0 atom stereocenters. The van der Waals surface area contributed by atoms with Crippen LogP contribution in [0.5, 0.6) is 0 Å². The maximum atomic E-state index is 12.4. The first-order chi connectivity index (χ1) is 8.59. The highest BCUT2D eigenvalue weighted by Crippen LogP contribution is 2.31. The van der Waals surface area contributed by atoms with Gasteiger partial charge in [-0.25, -0.2) is 8.42 Å². The molecule has 2 rings (SSSR count). The number of alkyl halides is 1. The zero-order valence-corrected chi connectivity index (χ0v) is 12.3. The minimum atomic E-state index is -3.47. The van der Waals surface area contributed by atoms with Gasteiger partial charge in [0.25, 0.3) is 0 Å². The van der Waals surface area contributed by atoms with Crippen LogP contribution in [0.4, 0.5) is 0 Å². The lowest BCUT2D eigenvalue weighted by molar-refractivity contribution is 0.250. The average molecular weight is 334 g/mol.